The lowest BCUT2D eigenvalue weighted by Crippen LogP contribution is -2.18. The van der Waals surface area contributed by atoms with Crippen molar-refractivity contribution in [3.63, 3.8) is 0 Å². The molecule has 78 valence electrons. The Labute approximate surface area is 91.3 Å². The zero-order valence-electron chi connectivity index (χ0n) is 8.83. The van der Waals surface area contributed by atoms with Crippen LogP contribution >= 0.6 is 11.6 Å². The van der Waals surface area contributed by atoms with Crippen LogP contribution in [0.5, 0.6) is 0 Å². The summed E-state index contributed by atoms with van der Waals surface area (Å²) < 4.78 is 0. The Morgan fingerprint density at radius 1 is 1.43 bits per heavy atom. The van der Waals surface area contributed by atoms with Crippen molar-refractivity contribution in [2.24, 2.45) is 11.7 Å². The van der Waals surface area contributed by atoms with Crippen molar-refractivity contribution >= 4 is 11.6 Å². The highest BCUT2D eigenvalue weighted by molar-refractivity contribution is 6.30. The first-order valence-electron chi connectivity index (χ1n) is 5.16. The molecule has 2 N–H and O–H groups in total. The van der Waals surface area contributed by atoms with Gasteiger partial charge in [-0.25, -0.2) is 0 Å². The Balaban J connectivity index is 2.73. The molecule has 2 atom stereocenters. The summed E-state index contributed by atoms with van der Waals surface area (Å²) in [6.07, 6.45) is 2.34. The van der Waals surface area contributed by atoms with Gasteiger partial charge in [-0.05, 0) is 30.0 Å². The van der Waals surface area contributed by atoms with Gasteiger partial charge >= 0.3 is 0 Å². The van der Waals surface area contributed by atoms with Gasteiger partial charge in [0.1, 0.15) is 0 Å². The number of nitrogens with two attached hydrogens (primary N) is 1. The molecule has 0 fully saturated rings. The molecular weight excluding hydrogens is 194 g/mol. The minimum atomic E-state index is 0.105. The maximum Gasteiger partial charge on any atom is 0.0409 e. The van der Waals surface area contributed by atoms with Crippen LogP contribution in [0.3, 0.4) is 0 Å². The molecule has 0 aromatic heterocycles. The Morgan fingerprint density at radius 3 is 2.71 bits per heavy atom. The Kier molecular flexibility index (Phi) is 4.43. The lowest BCUT2D eigenvalue weighted by Gasteiger charge is -2.19. The summed E-state index contributed by atoms with van der Waals surface area (Å²) in [5, 5.41) is 0.765. The molecule has 0 aliphatic rings. The first-order chi connectivity index (χ1) is 6.65. The molecule has 0 heterocycles. The number of rotatable bonds is 4. The minimum absolute atomic E-state index is 0.105. The zero-order valence-corrected chi connectivity index (χ0v) is 9.59. The van der Waals surface area contributed by atoms with Gasteiger partial charge in [0, 0.05) is 11.1 Å². The van der Waals surface area contributed by atoms with Crippen molar-refractivity contribution in [2.45, 2.75) is 32.7 Å². The van der Waals surface area contributed by atoms with E-state index >= 15 is 0 Å². The Bertz CT molecular complexity index is 285. The predicted octanol–water partition coefficient (Wildman–Crippen LogP) is 3.78. The molecule has 0 saturated heterocycles. The average molecular weight is 212 g/mol. The number of halogens is 1. The monoisotopic (exact) mass is 211 g/mol. The molecular formula is C12H18ClN. The fourth-order valence-electron chi connectivity index (χ4n) is 1.68. The Hall–Kier alpha value is -0.530. The normalized spacial score (nSPS) is 15.1. The number of hydrogen-bond acceptors (Lipinski definition) is 1. The second kappa shape index (κ2) is 5.38. The van der Waals surface area contributed by atoms with Crippen LogP contribution < -0.4 is 5.73 Å². The summed E-state index contributed by atoms with van der Waals surface area (Å²) in [6.45, 7) is 4.37. The standard InChI is InChI=1S/C12H18ClN/c1-3-5-9(2)12(14)10-6-4-7-11(13)8-10/h4,6-9,12H,3,5,14H2,1-2H3. The third-order valence-electron chi connectivity index (χ3n) is 2.59. The molecule has 0 aliphatic carbocycles. The second-order valence-corrected chi connectivity index (χ2v) is 4.28. The largest absolute Gasteiger partial charge is 0.324 e. The Morgan fingerprint density at radius 2 is 2.14 bits per heavy atom. The van der Waals surface area contributed by atoms with Crippen molar-refractivity contribution in [3.05, 3.63) is 34.9 Å². The van der Waals surface area contributed by atoms with Gasteiger partial charge in [0.25, 0.3) is 0 Å². The zero-order chi connectivity index (χ0) is 10.6. The lowest BCUT2D eigenvalue weighted by molar-refractivity contribution is 0.434. The van der Waals surface area contributed by atoms with E-state index in [4.69, 9.17) is 17.3 Å². The van der Waals surface area contributed by atoms with E-state index in [1.54, 1.807) is 0 Å². The summed E-state index contributed by atoms with van der Waals surface area (Å²) in [5.41, 5.74) is 7.27. The fourth-order valence-corrected chi connectivity index (χ4v) is 1.88. The van der Waals surface area contributed by atoms with E-state index in [0.29, 0.717) is 5.92 Å². The number of hydrogen-bond donors (Lipinski definition) is 1. The molecule has 1 nitrogen and oxygen atoms in total. The molecule has 0 radical (unpaired) electrons. The minimum Gasteiger partial charge on any atom is -0.324 e. The summed E-state index contributed by atoms with van der Waals surface area (Å²) in [4.78, 5) is 0. The van der Waals surface area contributed by atoms with Crippen molar-refractivity contribution < 1.29 is 0 Å². The van der Waals surface area contributed by atoms with Gasteiger partial charge in [-0.15, -0.1) is 0 Å². The summed E-state index contributed by atoms with van der Waals surface area (Å²) in [5.74, 6) is 0.512. The fraction of sp³-hybridized carbons (Fsp3) is 0.500. The second-order valence-electron chi connectivity index (χ2n) is 3.85. The van der Waals surface area contributed by atoms with Crippen LogP contribution in [-0.4, -0.2) is 0 Å². The van der Waals surface area contributed by atoms with Crippen LogP contribution in [0.2, 0.25) is 5.02 Å². The quantitative estimate of drug-likeness (QED) is 0.806. The molecule has 2 heteroatoms. The molecule has 0 saturated carbocycles. The van der Waals surface area contributed by atoms with Gasteiger partial charge in [-0.3, -0.25) is 0 Å². The summed E-state index contributed by atoms with van der Waals surface area (Å²) in [7, 11) is 0. The van der Waals surface area contributed by atoms with E-state index in [1.165, 1.54) is 6.42 Å². The maximum atomic E-state index is 6.13. The van der Waals surface area contributed by atoms with Gasteiger partial charge < -0.3 is 5.73 Å². The van der Waals surface area contributed by atoms with Gasteiger partial charge in [-0.2, -0.15) is 0 Å². The highest BCUT2D eigenvalue weighted by Crippen LogP contribution is 2.24. The molecule has 1 rings (SSSR count). The molecule has 2 unspecified atom stereocenters. The summed E-state index contributed by atoms with van der Waals surface area (Å²) >= 11 is 5.92. The SMILES string of the molecule is CCCC(C)C(N)c1cccc(Cl)c1. The van der Waals surface area contributed by atoms with E-state index in [2.05, 4.69) is 13.8 Å². The molecule has 0 aliphatic heterocycles. The highest BCUT2D eigenvalue weighted by atomic mass is 35.5. The van der Waals surface area contributed by atoms with Crippen LogP contribution in [0.25, 0.3) is 0 Å². The molecule has 1 aromatic carbocycles. The van der Waals surface area contributed by atoms with E-state index in [0.717, 1.165) is 17.0 Å². The van der Waals surface area contributed by atoms with Crippen LogP contribution in [0.15, 0.2) is 24.3 Å². The maximum absolute atomic E-state index is 6.13. The van der Waals surface area contributed by atoms with Crippen molar-refractivity contribution in [1.29, 1.82) is 0 Å². The topological polar surface area (TPSA) is 26.0 Å². The van der Waals surface area contributed by atoms with Gasteiger partial charge in [0.2, 0.25) is 0 Å². The first kappa shape index (κ1) is 11.5. The van der Waals surface area contributed by atoms with E-state index in [-0.39, 0.29) is 6.04 Å². The van der Waals surface area contributed by atoms with Crippen LogP contribution in [0.1, 0.15) is 38.3 Å². The van der Waals surface area contributed by atoms with Crippen molar-refractivity contribution in [3.8, 4) is 0 Å². The highest BCUT2D eigenvalue weighted by Gasteiger charge is 2.13. The predicted molar refractivity (Wildman–Crippen MR) is 62.5 cm³/mol. The molecule has 0 spiro atoms. The molecule has 0 bridgehead atoms. The van der Waals surface area contributed by atoms with Crippen molar-refractivity contribution in [2.75, 3.05) is 0 Å². The van der Waals surface area contributed by atoms with Gasteiger partial charge in [0.05, 0.1) is 0 Å². The van der Waals surface area contributed by atoms with Crippen molar-refractivity contribution in [1.82, 2.24) is 0 Å². The van der Waals surface area contributed by atoms with Crippen LogP contribution in [-0.2, 0) is 0 Å². The van der Waals surface area contributed by atoms with E-state index < -0.39 is 0 Å². The lowest BCUT2D eigenvalue weighted by atomic mass is 9.92. The van der Waals surface area contributed by atoms with Gasteiger partial charge in [-0.1, -0.05) is 44.0 Å². The third kappa shape index (κ3) is 3.00. The van der Waals surface area contributed by atoms with Gasteiger partial charge in [0.15, 0.2) is 0 Å². The average Bonchev–Trinajstić information content (AvgIpc) is 2.17. The summed E-state index contributed by atoms with van der Waals surface area (Å²) in [6, 6.07) is 7.94. The molecule has 0 amide bonds. The van der Waals surface area contributed by atoms with Crippen LogP contribution in [0, 0.1) is 5.92 Å². The smallest absolute Gasteiger partial charge is 0.0409 e. The molecule has 1 aromatic rings. The first-order valence-corrected chi connectivity index (χ1v) is 5.54. The number of benzene rings is 1. The van der Waals surface area contributed by atoms with Crippen LogP contribution in [0.4, 0.5) is 0 Å². The third-order valence-corrected chi connectivity index (χ3v) is 2.83. The van der Waals surface area contributed by atoms with E-state index in [9.17, 15) is 0 Å². The van der Waals surface area contributed by atoms with E-state index in [1.807, 2.05) is 24.3 Å². The molecule has 14 heavy (non-hydrogen) atoms.